The number of nitrogens with one attached hydrogen (secondary N) is 1. The molecule has 1 heterocycles. The molecule has 0 aliphatic heterocycles. The number of aryl methyl sites for hydroxylation is 2. The van der Waals surface area contributed by atoms with Gasteiger partial charge in [-0.25, -0.2) is 0 Å². The monoisotopic (exact) mass is 416 g/mol. The Balaban J connectivity index is 1.81. The molecule has 0 fully saturated rings. The van der Waals surface area contributed by atoms with Gasteiger partial charge in [0.05, 0.1) is 6.54 Å². The van der Waals surface area contributed by atoms with E-state index in [1.807, 2.05) is 62.4 Å². The van der Waals surface area contributed by atoms with Crippen LogP contribution < -0.4 is 10.5 Å². The molecule has 0 bridgehead atoms. The van der Waals surface area contributed by atoms with E-state index in [9.17, 15) is 9.59 Å². The van der Waals surface area contributed by atoms with Crippen molar-refractivity contribution in [3.63, 3.8) is 0 Å². The van der Waals surface area contributed by atoms with Crippen molar-refractivity contribution in [2.24, 2.45) is 0 Å². The van der Waals surface area contributed by atoms with Crippen LogP contribution in [-0.2, 0) is 6.54 Å². The topological polar surface area (TPSA) is 53.2 Å². The number of aromatic nitrogens is 1. The number of pyridine rings is 1. The lowest BCUT2D eigenvalue weighted by Gasteiger charge is -2.25. The van der Waals surface area contributed by atoms with Gasteiger partial charge in [-0.05, 0) is 66.8 Å². The molecule has 3 aromatic carbocycles. The highest BCUT2D eigenvalue weighted by Crippen LogP contribution is 2.25. The number of fused-ring (bicyclic) bond motifs is 1. The normalized spacial score (nSPS) is 10.9. The number of hydrogen-bond donors (Lipinski definition) is 1. The molecule has 1 amide bonds. The average molecular weight is 417 g/mol. The van der Waals surface area contributed by atoms with Gasteiger partial charge in [0.15, 0.2) is 0 Å². The van der Waals surface area contributed by atoms with Gasteiger partial charge in [-0.3, -0.25) is 9.59 Å². The number of para-hydroxylation sites is 1. The van der Waals surface area contributed by atoms with Crippen LogP contribution in [0.1, 0.15) is 27.0 Å². The number of H-pyrrole nitrogens is 1. The van der Waals surface area contributed by atoms with Crippen molar-refractivity contribution >= 4 is 34.1 Å². The summed E-state index contributed by atoms with van der Waals surface area (Å²) in [5.74, 6) is -0.213. The molecule has 5 heteroatoms. The van der Waals surface area contributed by atoms with Crippen LogP contribution in [0.15, 0.2) is 77.6 Å². The van der Waals surface area contributed by atoms with E-state index in [1.165, 1.54) is 0 Å². The highest BCUT2D eigenvalue weighted by molar-refractivity contribution is 6.31. The summed E-state index contributed by atoms with van der Waals surface area (Å²) in [6.07, 6.45) is 0. The van der Waals surface area contributed by atoms with Gasteiger partial charge in [0.2, 0.25) is 0 Å². The molecule has 1 N–H and O–H groups in total. The SMILES string of the molecule is Cc1ccc2cc(CN(C(=O)c3cccc(Cl)c3)c3ccccc3C)c(=O)[nH]c2c1. The molecule has 4 rings (SSSR count). The standard InChI is InChI=1S/C25H21ClN2O2/c1-16-10-11-18-13-20(24(29)27-22(18)12-16)15-28(23-9-4-3-6-17(23)2)25(30)19-7-5-8-21(26)14-19/h3-14H,15H2,1-2H3,(H,27,29). The number of nitrogens with zero attached hydrogens (tertiary/aromatic N) is 1. The molecule has 0 saturated heterocycles. The van der Waals surface area contributed by atoms with Crippen LogP contribution >= 0.6 is 11.6 Å². The number of hydrogen-bond acceptors (Lipinski definition) is 2. The molecule has 30 heavy (non-hydrogen) atoms. The number of benzene rings is 3. The molecule has 0 aliphatic carbocycles. The van der Waals surface area contributed by atoms with E-state index in [0.717, 1.165) is 27.7 Å². The summed E-state index contributed by atoms with van der Waals surface area (Å²) < 4.78 is 0. The van der Waals surface area contributed by atoms with Gasteiger partial charge in [-0.15, -0.1) is 0 Å². The summed E-state index contributed by atoms with van der Waals surface area (Å²) in [6, 6.07) is 22.2. The highest BCUT2D eigenvalue weighted by Gasteiger charge is 2.21. The van der Waals surface area contributed by atoms with Crippen LogP contribution in [-0.4, -0.2) is 10.9 Å². The fraction of sp³-hybridized carbons (Fsp3) is 0.120. The van der Waals surface area contributed by atoms with E-state index in [0.29, 0.717) is 16.1 Å². The lowest BCUT2D eigenvalue weighted by atomic mass is 10.1. The van der Waals surface area contributed by atoms with Crippen LogP contribution in [0.25, 0.3) is 10.9 Å². The van der Waals surface area contributed by atoms with E-state index < -0.39 is 0 Å². The molecule has 0 aliphatic rings. The predicted octanol–water partition coefficient (Wildman–Crippen LogP) is 5.65. The fourth-order valence-electron chi connectivity index (χ4n) is 3.56. The third-order valence-electron chi connectivity index (χ3n) is 5.13. The lowest BCUT2D eigenvalue weighted by molar-refractivity contribution is 0.0985. The van der Waals surface area contributed by atoms with Gasteiger partial charge in [0, 0.05) is 27.4 Å². The summed E-state index contributed by atoms with van der Waals surface area (Å²) in [6.45, 7) is 4.07. The van der Waals surface area contributed by atoms with Crippen molar-refractivity contribution in [1.82, 2.24) is 4.98 Å². The first-order valence-electron chi connectivity index (χ1n) is 9.68. The number of halogens is 1. The fourth-order valence-corrected chi connectivity index (χ4v) is 3.75. The molecule has 0 atom stereocenters. The Labute approximate surface area is 179 Å². The minimum absolute atomic E-state index is 0.148. The van der Waals surface area contributed by atoms with Crippen molar-refractivity contribution < 1.29 is 4.79 Å². The van der Waals surface area contributed by atoms with Crippen LogP contribution in [0.5, 0.6) is 0 Å². The molecule has 0 saturated carbocycles. The first-order chi connectivity index (χ1) is 14.4. The second-order valence-corrected chi connectivity index (χ2v) is 7.84. The van der Waals surface area contributed by atoms with Crippen LogP contribution in [0.4, 0.5) is 5.69 Å². The van der Waals surface area contributed by atoms with Crippen LogP contribution in [0.2, 0.25) is 5.02 Å². The minimum Gasteiger partial charge on any atom is -0.322 e. The summed E-state index contributed by atoms with van der Waals surface area (Å²) >= 11 is 6.11. The average Bonchev–Trinajstić information content (AvgIpc) is 2.72. The van der Waals surface area contributed by atoms with E-state index >= 15 is 0 Å². The molecule has 0 radical (unpaired) electrons. The molecule has 1 aromatic heterocycles. The Morgan fingerprint density at radius 3 is 2.53 bits per heavy atom. The maximum Gasteiger partial charge on any atom is 0.258 e. The van der Waals surface area contributed by atoms with Crippen LogP contribution in [0, 0.1) is 13.8 Å². The Bertz CT molecular complexity index is 1310. The van der Waals surface area contributed by atoms with Gasteiger partial charge in [-0.2, -0.15) is 0 Å². The predicted molar refractivity (Wildman–Crippen MR) is 122 cm³/mol. The second kappa shape index (κ2) is 8.17. The van der Waals surface area contributed by atoms with Gasteiger partial charge < -0.3 is 9.88 Å². The number of amides is 1. The van der Waals surface area contributed by atoms with Crippen molar-refractivity contribution in [2.75, 3.05) is 4.90 Å². The number of carbonyl (C=O) groups excluding carboxylic acids is 1. The molecule has 4 aromatic rings. The van der Waals surface area contributed by atoms with E-state index in [4.69, 9.17) is 11.6 Å². The van der Waals surface area contributed by atoms with Crippen molar-refractivity contribution in [3.8, 4) is 0 Å². The van der Waals surface area contributed by atoms with Gasteiger partial charge in [0.1, 0.15) is 0 Å². The van der Waals surface area contributed by atoms with E-state index in [1.54, 1.807) is 29.2 Å². The van der Waals surface area contributed by atoms with Gasteiger partial charge >= 0.3 is 0 Å². The Morgan fingerprint density at radius 1 is 0.967 bits per heavy atom. The zero-order valence-corrected chi connectivity index (χ0v) is 17.5. The first kappa shape index (κ1) is 19.9. The third kappa shape index (κ3) is 4.00. The summed E-state index contributed by atoms with van der Waals surface area (Å²) in [7, 11) is 0. The second-order valence-electron chi connectivity index (χ2n) is 7.40. The molecule has 150 valence electrons. The number of rotatable bonds is 4. The van der Waals surface area contributed by atoms with Gasteiger partial charge in [0.25, 0.3) is 11.5 Å². The third-order valence-corrected chi connectivity index (χ3v) is 5.36. The molecule has 4 nitrogen and oxygen atoms in total. The largest absolute Gasteiger partial charge is 0.322 e. The van der Waals surface area contributed by atoms with Crippen LogP contribution in [0.3, 0.4) is 0 Å². The molecule has 0 unspecified atom stereocenters. The Hall–Kier alpha value is -3.37. The number of anilines is 1. The maximum atomic E-state index is 13.4. The van der Waals surface area contributed by atoms with E-state index in [2.05, 4.69) is 4.98 Å². The first-order valence-corrected chi connectivity index (χ1v) is 10.1. The van der Waals surface area contributed by atoms with Gasteiger partial charge in [-0.1, -0.05) is 48.0 Å². The van der Waals surface area contributed by atoms with Crippen molar-refractivity contribution in [3.05, 3.63) is 110 Å². The highest BCUT2D eigenvalue weighted by atomic mass is 35.5. The maximum absolute atomic E-state index is 13.4. The van der Waals surface area contributed by atoms with Crippen molar-refractivity contribution in [1.29, 1.82) is 0 Å². The number of carbonyl (C=O) groups is 1. The lowest BCUT2D eigenvalue weighted by Crippen LogP contribution is -2.33. The zero-order valence-electron chi connectivity index (χ0n) is 16.8. The number of aromatic amines is 1. The smallest absolute Gasteiger partial charge is 0.258 e. The summed E-state index contributed by atoms with van der Waals surface area (Å²) in [4.78, 5) is 30.8. The molecular weight excluding hydrogens is 396 g/mol. The zero-order chi connectivity index (χ0) is 21.3. The quantitative estimate of drug-likeness (QED) is 0.467. The Morgan fingerprint density at radius 2 is 1.77 bits per heavy atom. The molecule has 0 spiro atoms. The summed E-state index contributed by atoms with van der Waals surface area (Å²) in [5.41, 5.74) is 4.34. The molecular formula is C25H21ClN2O2. The van der Waals surface area contributed by atoms with E-state index in [-0.39, 0.29) is 18.0 Å². The summed E-state index contributed by atoms with van der Waals surface area (Å²) in [5, 5.41) is 1.42. The minimum atomic E-state index is -0.213. The van der Waals surface area contributed by atoms with Crippen molar-refractivity contribution in [2.45, 2.75) is 20.4 Å². The Kier molecular flexibility index (Phi) is 5.42.